The van der Waals surface area contributed by atoms with E-state index >= 15 is 0 Å². The molecule has 4 aliphatic heterocycles. The molecule has 4 heterocycles. The third-order valence-electron chi connectivity index (χ3n) is 20.4. The standard InChI is InChI=1S/C78H116O12/c1-7-11-15-19-23-27-31-35-39-43-55-59-47-61-56(44-40-36-32-28-24-20-16-12-8-2)63-49-65-58(46-42-38-34-30-26-22-18-14-10-4)66-50-64-57(45-41-37-33-29-25-21-17-13-9-3)62-48-60(55)70-68(80)72(62)86-53-88-74(64)78(82-6)76(66)90-54-89-75(65)77(81-5)73(63)87-52-85-71(61)67(79)69(59)83-51-84-70/h47-50,55-58,79-80H,7-46,51-54H2,1-6H3. The Balaban J connectivity index is 1.26. The summed E-state index contributed by atoms with van der Waals surface area (Å²) >= 11 is 0. The van der Waals surface area contributed by atoms with Crippen molar-refractivity contribution in [3.05, 3.63) is 68.8 Å². The zero-order chi connectivity index (χ0) is 62.9. The Hall–Kier alpha value is -5.52. The molecule has 0 saturated carbocycles. The molecule has 0 saturated heterocycles. The van der Waals surface area contributed by atoms with Crippen LogP contribution in [0.5, 0.6) is 69.0 Å². The first kappa shape index (κ1) is 68.8. The van der Waals surface area contributed by atoms with Crippen molar-refractivity contribution in [2.45, 2.75) is 308 Å². The van der Waals surface area contributed by atoms with E-state index in [-0.39, 0.29) is 62.3 Å². The summed E-state index contributed by atoms with van der Waals surface area (Å²) in [4.78, 5) is 0. The molecule has 500 valence electrons. The van der Waals surface area contributed by atoms with Gasteiger partial charge in [-0.3, -0.25) is 0 Å². The van der Waals surface area contributed by atoms with Gasteiger partial charge in [0.25, 0.3) is 0 Å². The fraction of sp³-hybridized carbons (Fsp3) is 0.692. The van der Waals surface area contributed by atoms with Crippen molar-refractivity contribution in [2.75, 3.05) is 41.4 Å². The highest BCUT2D eigenvalue weighted by Gasteiger charge is 2.42. The number of methoxy groups -OCH3 is 2. The molecule has 9 rings (SSSR count). The molecule has 2 N–H and O–H groups in total. The first-order chi connectivity index (χ1) is 44.4. The minimum absolute atomic E-state index is 0.0608. The predicted octanol–water partition coefficient (Wildman–Crippen LogP) is 22.6. The third kappa shape index (κ3) is 17.2. The quantitative estimate of drug-likeness (QED) is 0.0409. The van der Waals surface area contributed by atoms with Crippen LogP contribution in [-0.4, -0.2) is 51.6 Å². The van der Waals surface area contributed by atoms with Gasteiger partial charge in [-0.25, -0.2) is 0 Å². The lowest BCUT2D eigenvalue weighted by Gasteiger charge is -2.36. The van der Waals surface area contributed by atoms with Crippen LogP contribution in [0.15, 0.2) is 24.3 Å². The summed E-state index contributed by atoms with van der Waals surface area (Å²) in [6.45, 7) is 8.33. The minimum Gasteiger partial charge on any atom is -0.502 e. The SMILES string of the molecule is CCCCCCCCCCCC1c2cc3c4c(O)c2OCOc2c1cc1c(c2O)OCOc2c(cc5c(c2OC)OCOc2c(cc(c(c2OC)OCO4)C3CCCCCCCCCCC)C5CCCCCCCCCCC)C1CCCCCCCCCCC. The summed E-state index contributed by atoms with van der Waals surface area (Å²) in [5.41, 5.74) is 7.42. The van der Waals surface area contributed by atoms with E-state index in [1.165, 1.54) is 161 Å². The van der Waals surface area contributed by atoms with E-state index in [0.29, 0.717) is 57.5 Å². The van der Waals surface area contributed by atoms with E-state index in [1.807, 2.05) is 0 Å². The van der Waals surface area contributed by atoms with Crippen LogP contribution in [0.25, 0.3) is 0 Å². The molecule has 4 aromatic carbocycles. The van der Waals surface area contributed by atoms with Crippen molar-refractivity contribution in [1.29, 1.82) is 0 Å². The lowest BCUT2D eigenvalue weighted by Crippen LogP contribution is -2.23. The van der Waals surface area contributed by atoms with E-state index in [0.717, 1.165) is 141 Å². The van der Waals surface area contributed by atoms with Crippen molar-refractivity contribution in [2.24, 2.45) is 0 Å². The second-order valence-electron chi connectivity index (χ2n) is 26.9. The molecule has 2 unspecified atom stereocenters. The minimum atomic E-state index is -0.364. The Bertz CT molecular complexity index is 2660. The van der Waals surface area contributed by atoms with Crippen LogP contribution in [0.1, 0.15) is 353 Å². The third-order valence-corrected chi connectivity index (χ3v) is 20.4. The first-order valence-corrected chi connectivity index (χ1v) is 36.7. The van der Waals surface area contributed by atoms with Crippen LogP contribution < -0.4 is 47.4 Å². The van der Waals surface area contributed by atoms with E-state index in [4.69, 9.17) is 47.4 Å². The Morgan fingerprint density at radius 1 is 0.267 bits per heavy atom. The van der Waals surface area contributed by atoms with E-state index in [1.54, 1.807) is 14.2 Å². The second-order valence-corrected chi connectivity index (χ2v) is 26.9. The Kier molecular flexibility index (Phi) is 28.0. The molecule has 4 aromatic rings. The van der Waals surface area contributed by atoms with Crippen LogP contribution in [0, 0.1) is 0 Å². The highest BCUT2D eigenvalue weighted by Crippen LogP contribution is 2.62. The number of hydrogen-bond donors (Lipinski definition) is 2. The molecule has 2 atom stereocenters. The van der Waals surface area contributed by atoms with E-state index in [2.05, 4.69) is 52.0 Å². The lowest BCUT2D eigenvalue weighted by atomic mass is 9.75. The second kappa shape index (κ2) is 36.7. The molecule has 5 aliphatic rings. The lowest BCUT2D eigenvalue weighted by molar-refractivity contribution is 0.0863. The molecule has 1 aliphatic carbocycles. The fourth-order valence-corrected chi connectivity index (χ4v) is 15.5. The van der Waals surface area contributed by atoms with Gasteiger partial charge in [-0.2, -0.15) is 0 Å². The maximum atomic E-state index is 13.1. The van der Waals surface area contributed by atoms with Gasteiger partial charge in [-0.1, -0.05) is 259 Å². The predicted molar refractivity (Wildman–Crippen MR) is 361 cm³/mol. The van der Waals surface area contributed by atoms with Crippen molar-refractivity contribution >= 4 is 0 Å². The molecular formula is C78H116O12. The van der Waals surface area contributed by atoms with Crippen molar-refractivity contribution in [3.63, 3.8) is 0 Å². The summed E-state index contributed by atoms with van der Waals surface area (Å²) in [5.74, 6) is 3.40. The van der Waals surface area contributed by atoms with Gasteiger partial charge in [-0.15, -0.1) is 0 Å². The summed E-state index contributed by atoms with van der Waals surface area (Å²) in [6.07, 6.45) is 46.1. The first-order valence-electron chi connectivity index (χ1n) is 36.7. The van der Waals surface area contributed by atoms with Gasteiger partial charge >= 0.3 is 0 Å². The van der Waals surface area contributed by atoms with Gasteiger partial charge in [0.05, 0.1) is 14.2 Å². The molecule has 0 spiro atoms. The summed E-state index contributed by atoms with van der Waals surface area (Å²) in [5, 5.41) is 26.2. The van der Waals surface area contributed by atoms with Crippen molar-refractivity contribution in [3.8, 4) is 69.0 Å². The van der Waals surface area contributed by atoms with Gasteiger partial charge < -0.3 is 57.6 Å². The number of aromatic hydroxyl groups is 2. The zero-order valence-corrected chi connectivity index (χ0v) is 56.7. The smallest absolute Gasteiger partial charge is 0.231 e. The molecule has 8 bridgehead atoms. The van der Waals surface area contributed by atoms with Crippen LogP contribution >= 0.6 is 0 Å². The summed E-state index contributed by atoms with van der Waals surface area (Å²) < 4.78 is 67.6. The number of ether oxygens (including phenoxy) is 10. The maximum Gasteiger partial charge on any atom is 0.231 e. The van der Waals surface area contributed by atoms with Gasteiger partial charge in [0.1, 0.15) is 0 Å². The van der Waals surface area contributed by atoms with Crippen LogP contribution in [0.3, 0.4) is 0 Å². The number of unbranched alkanes of at least 4 members (excludes halogenated alkanes) is 32. The van der Waals surface area contributed by atoms with Gasteiger partial charge in [0, 0.05) is 68.2 Å². The zero-order valence-electron chi connectivity index (χ0n) is 56.7. The number of benzene rings is 4. The highest BCUT2D eigenvalue weighted by atomic mass is 16.7. The monoisotopic (exact) mass is 1240 g/mol. The number of hydrogen-bond acceptors (Lipinski definition) is 12. The van der Waals surface area contributed by atoms with Gasteiger partial charge in [0.2, 0.25) is 50.2 Å². The van der Waals surface area contributed by atoms with Gasteiger partial charge in [0.15, 0.2) is 46.0 Å². The Morgan fingerprint density at radius 3 is 0.622 bits per heavy atom. The molecule has 0 fully saturated rings. The van der Waals surface area contributed by atoms with Crippen molar-refractivity contribution in [1.82, 2.24) is 0 Å². The van der Waals surface area contributed by atoms with Crippen LogP contribution in [0.4, 0.5) is 0 Å². The molecular weight excluding hydrogens is 1130 g/mol. The number of phenols is 2. The molecule has 90 heavy (non-hydrogen) atoms. The number of phenolic OH excluding ortho intramolecular Hbond substituents is 2. The van der Waals surface area contributed by atoms with E-state index < -0.39 is 0 Å². The highest BCUT2D eigenvalue weighted by molar-refractivity contribution is 5.73. The molecule has 0 radical (unpaired) electrons. The van der Waals surface area contributed by atoms with Crippen LogP contribution in [-0.2, 0) is 0 Å². The Morgan fingerprint density at radius 2 is 0.433 bits per heavy atom. The van der Waals surface area contributed by atoms with Crippen LogP contribution in [0.2, 0.25) is 0 Å². The van der Waals surface area contributed by atoms with Crippen molar-refractivity contribution < 1.29 is 57.6 Å². The van der Waals surface area contributed by atoms with Gasteiger partial charge in [-0.05, 0) is 49.9 Å². The normalized spacial score (nSPS) is 17.4. The number of rotatable bonds is 42. The average molecular weight is 1250 g/mol. The molecule has 12 nitrogen and oxygen atoms in total. The topological polar surface area (TPSA) is 133 Å². The fourth-order valence-electron chi connectivity index (χ4n) is 15.5. The average Bonchev–Trinajstić information content (AvgIpc) is 0.769. The molecule has 0 aromatic heterocycles. The Labute approximate surface area is 542 Å². The summed E-state index contributed by atoms with van der Waals surface area (Å²) in [6, 6.07) is 9.29. The summed E-state index contributed by atoms with van der Waals surface area (Å²) in [7, 11) is 3.43. The largest absolute Gasteiger partial charge is 0.502 e. The molecule has 0 amide bonds. The van der Waals surface area contributed by atoms with E-state index in [9.17, 15) is 10.2 Å². The molecule has 12 heteroatoms. The maximum absolute atomic E-state index is 13.1.